The Morgan fingerprint density at radius 3 is 2.22 bits per heavy atom. The molecule has 0 radical (unpaired) electrons. The van der Waals surface area contributed by atoms with E-state index in [9.17, 15) is 17.6 Å². The molecule has 146 valence electrons. The minimum atomic E-state index is -3.85. The van der Waals surface area contributed by atoms with Gasteiger partial charge in [0.25, 0.3) is 0 Å². The zero-order valence-corrected chi connectivity index (χ0v) is 16.4. The molecule has 2 rings (SSSR count). The van der Waals surface area contributed by atoms with Gasteiger partial charge in [-0.1, -0.05) is 38.1 Å². The Balaban J connectivity index is 2.46. The molecule has 0 unspecified atom stereocenters. The maximum Gasteiger partial charge on any atom is 0.337 e. The fraction of sp³-hybridized carbons (Fsp3) is 0.316. The lowest BCUT2D eigenvalue weighted by molar-refractivity contribution is 0.0600. The number of methoxy groups -OCH3 is 1. The summed E-state index contributed by atoms with van der Waals surface area (Å²) in [5, 5.41) is 0. The molecule has 0 aliphatic heterocycles. The van der Waals surface area contributed by atoms with E-state index in [2.05, 4.69) is 4.74 Å². The Hall–Kier alpha value is -2.45. The van der Waals surface area contributed by atoms with Crippen LogP contribution in [0.3, 0.4) is 0 Å². The molecule has 0 atom stereocenters. The van der Waals surface area contributed by atoms with Crippen LogP contribution < -0.4 is 4.31 Å². The number of hydrogen-bond acceptors (Lipinski definition) is 4. The number of hydrogen-bond donors (Lipinski definition) is 0. The third-order valence-electron chi connectivity index (χ3n) is 4.14. The average molecular weight is 394 g/mol. The Morgan fingerprint density at radius 1 is 1.07 bits per heavy atom. The number of para-hydroxylation sites is 1. The zero-order chi connectivity index (χ0) is 20.0. The first kappa shape index (κ1) is 20.9. The van der Waals surface area contributed by atoms with Crippen LogP contribution in [0, 0.1) is 5.82 Å². The van der Waals surface area contributed by atoms with E-state index in [0.717, 1.165) is 10.4 Å². The Bertz CT molecular complexity index is 884. The molecule has 0 aliphatic rings. The number of esters is 1. The highest BCUT2D eigenvalue weighted by Crippen LogP contribution is 2.24. The lowest BCUT2D eigenvalue weighted by Gasteiger charge is -2.30. The molecule has 27 heavy (non-hydrogen) atoms. The lowest BCUT2D eigenvalue weighted by atomic mass is 10.1. The van der Waals surface area contributed by atoms with Crippen LogP contribution in [-0.2, 0) is 21.5 Å². The van der Waals surface area contributed by atoms with Crippen molar-refractivity contribution in [2.75, 3.05) is 24.5 Å². The number of rotatable bonds is 8. The van der Waals surface area contributed by atoms with E-state index < -0.39 is 22.0 Å². The molecule has 0 N–H and O–H groups in total. The van der Waals surface area contributed by atoms with Crippen LogP contribution in [0.4, 0.5) is 10.1 Å². The normalized spacial score (nSPS) is 11.4. The molecule has 0 bridgehead atoms. The smallest absolute Gasteiger partial charge is 0.337 e. The van der Waals surface area contributed by atoms with Gasteiger partial charge in [0.15, 0.2) is 0 Å². The predicted molar refractivity (Wildman–Crippen MR) is 102 cm³/mol. The van der Waals surface area contributed by atoms with E-state index in [0.29, 0.717) is 18.8 Å². The molecular formula is C19H23FN2O4S. The van der Waals surface area contributed by atoms with Gasteiger partial charge in [-0.05, 0) is 24.3 Å². The number of benzene rings is 2. The molecule has 2 aromatic carbocycles. The molecule has 0 spiro atoms. The van der Waals surface area contributed by atoms with Crippen molar-refractivity contribution in [3.8, 4) is 0 Å². The SMILES string of the molecule is CCN(CC)S(=O)(=O)N(Cc1ccc(C(=O)OC)cc1F)c1ccccc1. The highest BCUT2D eigenvalue weighted by atomic mass is 32.2. The Kier molecular flexibility index (Phi) is 6.92. The molecule has 0 heterocycles. The summed E-state index contributed by atoms with van der Waals surface area (Å²) in [6.07, 6.45) is 0. The number of carbonyl (C=O) groups excluding carboxylic acids is 1. The van der Waals surface area contributed by atoms with E-state index in [1.54, 1.807) is 44.2 Å². The van der Waals surface area contributed by atoms with Gasteiger partial charge < -0.3 is 4.74 Å². The highest BCUT2D eigenvalue weighted by molar-refractivity contribution is 7.90. The Morgan fingerprint density at radius 2 is 1.70 bits per heavy atom. The summed E-state index contributed by atoms with van der Waals surface area (Å²) < 4.78 is 47.8. The minimum absolute atomic E-state index is 0.0663. The summed E-state index contributed by atoms with van der Waals surface area (Å²) in [6, 6.07) is 12.4. The van der Waals surface area contributed by atoms with Crippen molar-refractivity contribution in [3.05, 3.63) is 65.5 Å². The maximum atomic E-state index is 14.5. The van der Waals surface area contributed by atoms with E-state index in [1.807, 2.05) is 0 Å². The second-order valence-electron chi connectivity index (χ2n) is 5.73. The van der Waals surface area contributed by atoms with Crippen LogP contribution in [0.1, 0.15) is 29.8 Å². The van der Waals surface area contributed by atoms with Gasteiger partial charge in [-0.2, -0.15) is 12.7 Å². The highest BCUT2D eigenvalue weighted by Gasteiger charge is 2.29. The third kappa shape index (κ3) is 4.64. The van der Waals surface area contributed by atoms with Crippen molar-refractivity contribution in [1.82, 2.24) is 4.31 Å². The van der Waals surface area contributed by atoms with Crippen LogP contribution in [0.15, 0.2) is 48.5 Å². The van der Waals surface area contributed by atoms with Gasteiger partial charge >= 0.3 is 16.2 Å². The second kappa shape index (κ2) is 8.96. The van der Waals surface area contributed by atoms with Crippen LogP contribution >= 0.6 is 0 Å². The Labute approximate surface area is 159 Å². The first-order chi connectivity index (χ1) is 12.8. The number of carbonyl (C=O) groups is 1. The molecule has 6 nitrogen and oxygen atoms in total. The molecule has 8 heteroatoms. The first-order valence-electron chi connectivity index (χ1n) is 8.54. The molecule has 0 saturated carbocycles. The van der Waals surface area contributed by atoms with Crippen molar-refractivity contribution >= 4 is 21.9 Å². The van der Waals surface area contributed by atoms with Crippen molar-refractivity contribution in [2.24, 2.45) is 0 Å². The number of halogens is 1. The molecule has 0 amide bonds. The molecule has 0 saturated heterocycles. The summed E-state index contributed by atoms with van der Waals surface area (Å²) >= 11 is 0. The van der Waals surface area contributed by atoms with Gasteiger partial charge in [0.2, 0.25) is 0 Å². The molecule has 0 aromatic heterocycles. The lowest BCUT2D eigenvalue weighted by Crippen LogP contribution is -2.43. The number of nitrogens with zero attached hydrogens (tertiary/aromatic N) is 2. The van der Waals surface area contributed by atoms with Gasteiger partial charge in [-0.25, -0.2) is 9.18 Å². The molecule has 2 aromatic rings. The maximum absolute atomic E-state index is 14.5. The number of anilines is 1. The van der Waals surface area contributed by atoms with Gasteiger partial charge in [0, 0.05) is 18.7 Å². The van der Waals surface area contributed by atoms with Gasteiger partial charge in [-0.3, -0.25) is 4.31 Å². The first-order valence-corrected chi connectivity index (χ1v) is 9.94. The summed E-state index contributed by atoms with van der Waals surface area (Å²) in [5.41, 5.74) is 0.652. The molecule has 0 aliphatic carbocycles. The standard InChI is InChI=1S/C19H23FN2O4S/c1-4-21(5-2)27(24,25)22(17-9-7-6-8-10-17)14-16-12-11-15(13-18(16)20)19(23)26-3/h6-13H,4-5,14H2,1-3H3. The van der Waals surface area contributed by atoms with Crippen LogP contribution in [0.2, 0.25) is 0 Å². The van der Waals surface area contributed by atoms with Gasteiger partial charge in [0.1, 0.15) is 5.82 Å². The van der Waals surface area contributed by atoms with Crippen molar-refractivity contribution in [2.45, 2.75) is 20.4 Å². The topological polar surface area (TPSA) is 66.9 Å². The third-order valence-corrected chi connectivity index (χ3v) is 6.21. The minimum Gasteiger partial charge on any atom is -0.465 e. The van der Waals surface area contributed by atoms with E-state index in [4.69, 9.17) is 0 Å². The van der Waals surface area contributed by atoms with Crippen molar-refractivity contribution in [3.63, 3.8) is 0 Å². The zero-order valence-electron chi connectivity index (χ0n) is 15.6. The number of ether oxygens (including phenoxy) is 1. The van der Waals surface area contributed by atoms with E-state index in [-0.39, 0.29) is 17.7 Å². The van der Waals surface area contributed by atoms with E-state index in [1.165, 1.54) is 23.5 Å². The van der Waals surface area contributed by atoms with Crippen LogP contribution in [0.25, 0.3) is 0 Å². The summed E-state index contributed by atoms with van der Waals surface area (Å²) in [4.78, 5) is 11.5. The average Bonchev–Trinajstić information content (AvgIpc) is 2.67. The van der Waals surface area contributed by atoms with Crippen molar-refractivity contribution < 1.29 is 22.3 Å². The largest absolute Gasteiger partial charge is 0.465 e. The fourth-order valence-corrected chi connectivity index (χ4v) is 4.29. The van der Waals surface area contributed by atoms with Crippen molar-refractivity contribution in [1.29, 1.82) is 0 Å². The quantitative estimate of drug-likeness (QED) is 0.645. The molecule has 0 fully saturated rings. The summed E-state index contributed by atoms with van der Waals surface area (Å²) in [6.45, 7) is 3.89. The van der Waals surface area contributed by atoms with Crippen LogP contribution in [-0.4, -0.2) is 38.9 Å². The summed E-state index contributed by atoms with van der Waals surface area (Å²) in [5.74, 6) is -1.33. The van der Waals surface area contributed by atoms with Gasteiger partial charge in [0.05, 0.1) is 24.9 Å². The monoisotopic (exact) mass is 394 g/mol. The van der Waals surface area contributed by atoms with E-state index >= 15 is 0 Å². The van der Waals surface area contributed by atoms with Gasteiger partial charge in [-0.15, -0.1) is 0 Å². The predicted octanol–water partition coefficient (Wildman–Crippen LogP) is 3.21. The summed E-state index contributed by atoms with van der Waals surface area (Å²) in [7, 11) is -2.64. The molecular weight excluding hydrogens is 371 g/mol. The second-order valence-corrected chi connectivity index (χ2v) is 7.58. The van der Waals surface area contributed by atoms with Crippen LogP contribution in [0.5, 0.6) is 0 Å². The fourth-order valence-electron chi connectivity index (χ4n) is 2.66.